The maximum atomic E-state index is 13.6. The van der Waals surface area contributed by atoms with E-state index in [0.717, 1.165) is 16.5 Å². The van der Waals surface area contributed by atoms with E-state index in [9.17, 15) is 14.0 Å². The monoisotopic (exact) mass is 474 g/mol. The number of benzene rings is 2. The Morgan fingerprint density at radius 2 is 1.80 bits per heavy atom. The van der Waals surface area contributed by atoms with Gasteiger partial charge in [0.2, 0.25) is 5.82 Å². The first-order valence-electron chi connectivity index (χ1n) is 11.5. The molecule has 1 aliphatic rings. The molecule has 3 heterocycles. The number of halogens is 1. The fraction of sp³-hybridized carbons (Fsp3) is 0.308. The van der Waals surface area contributed by atoms with Gasteiger partial charge in [-0.1, -0.05) is 24.3 Å². The van der Waals surface area contributed by atoms with Gasteiger partial charge in [-0.25, -0.2) is 14.1 Å². The largest absolute Gasteiger partial charge is 0.339 e. The van der Waals surface area contributed by atoms with Crippen LogP contribution in [0.1, 0.15) is 40.5 Å². The molecule has 0 aliphatic carbocycles. The van der Waals surface area contributed by atoms with Crippen molar-refractivity contribution >= 4 is 22.7 Å². The molecule has 8 nitrogen and oxygen atoms in total. The first kappa shape index (κ1) is 22.8. The molecule has 4 aromatic rings. The minimum atomic E-state index is -0.631. The number of carbonyl (C=O) groups is 2. The number of aryl methyl sites for hydroxylation is 2. The Bertz CT molecular complexity index is 1410. The van der Waals surface area contributed by atoms with Crippen molar-refractivity contribution in [3.63, 3.8) is 0 Å². The first-order valence-corrected chi connectivity index (χ1v) is 11.5. The predicted molar refractivity (Wildman–Crippen MR) is 130 cm³/mol. The topological polar surface area (TPSA) is 76.3 Å². The van der Waals surface area contributed by atoms with Crippen molar-refractivity contribution in [3.8, 4) is 5.69 Å². The van der Waals surface area contributed by atoms with E-state index in [0.29, 0.717) is 31.0 Å². The number of hydrogen-bond acceptors (Lipinski definition) is 4. The highest BCUT2D eigenvalue weighted by atomic mass is 19.1. The molecular weight excluding hydrogens is 447 g/mol. The molecule has 5 rings (SSSR count). The van der Waals surface area contributed by atoms with Crippen molar-refractivity contribution in [2.24, 2.45) is 7.05 Å². The van der Waals surface area contributed by atoms with Crippen molar-refractivity contribution in [2.75, 3.05) is 19.6 Å². The Morgan fingerprint density at radius 1 is 1.03 bits per heavy atom. The van der Waals surface area contributed by atoms with E-state index in [1.54, 1.807) is 17.0 Å². The van der Waals surface area contributed by atoms with Gasteiger partial charge in [-0.05, 0) is 50.6 Å². The van der Waals surface area contributed by atoms with Crippen molar-refractivity contribution in [2.45, 2.75) is 26.3 Å². The van der Waals surface area contributed by atoms with Crippen molar-refractivity contribution in [3.05, 3.63) is 77.8 Å². The van der Waals surface area contributed by atoms with Crippen LogP contribution in [0, 0.1) is 12.7 Å². The van der Waals surface area contributed by atoms with E-state index in [1.807, 2.05) is 61.6 Å². The Kier molecular flexibility index (Phi) is 5.42. The number of piperazine rings is 1. The molecule has 2 aromatic carbocycles. The summed E-state index contributed by atoms with van der Waals surface area (Å²) < 4.78 is 16.9. The molecule has 0 radical (unpaired) electrons. The molecule has 0 saturated carbocycles. The lowest BCUT2D eigenvalue weighted by Gasteiger charge is -2.46. The zero-order valence-electron chi connectivity index (χ0n) is 20.2. The smallest absolute Gasteiger partial charge is 0.294 e. The molecule has 2 amide bonds. The first-order chi connectivity index (χ1) is 16.7. The van der Waals surface area contributed by atoms with E-state index < -0.39 is 11.4 Å². The maximum absolute atomic E-state index is 13.6. The quantitative estimate of drug-likeness (QED) is 0.455. The van der Waals surface area contributed by atoms with E-state index in [1.165, 1.54) is 23.1 Å². The molecule has 2 aromatic heterocycles. The molecule has 35 heavy (non-hydrogen) atoms. The number of para-hydroxylation sites is 1. The minimum absolute atomic E-state index is 0.0339. The van der Waals surface area contributed by atoms with Gasteiger partial charge in [0.05, 0.1) is 11.2 Å². The zero-order valence-corrected chi connectivity index (χ0v) is 20.2. The highest BCUT2D eigenvalue weighted by molar-refractivity contribution is 6.01. The normalized spacial score (nSPS) is 15.6. The van der Waals surface area contributed by atoms with Crippen LogP contribution in [0.4, 0.5) is 4.39 Å². The highest BCUT2D eigenvalue weighted by Gasteiger charge is 2.40. The van der Waals surface area contributed by atoms with Crippen molar-refractivity contribution < 1.29 is 14.0 Å². The van der Waals surface area contributed by atoms with Gasteiger partial charge in [-0.2, -0.15) is 0 Å². The van der Waals surface area contributed by atoms with Crippen LogP contribution >= 0.6 is 0 Å². The molecule has 180 valence electrons. The van der Waals surface area contributed by atoms with Crippen LogP contribution < -0.4 is 0 Å². The molecule has 0 N–H and O–H groups in total. The van der Waals surface area contributed by atoms with Gasteiger partial charge in [0.1, 0.15) is 17.8 Å². The molecule has 0 spiro atoms. The Balaban J connectivity index is 1.36. The fourth-order valence-corrected chi connectivity index (χ4v) is 4.97. The summed E-state index contributed by atoms with van der Waals surface area (Å²) in [6.45, 7) is 6.98. The van der Waals surface area contributed by atoms with Crippen LogP contribution in [-0.4, -0.2) is 66.1 Å². The summed E-state index contributed by atoms with van der Waals surface area (Å²) in [5.74, 6) is -0.728. The van der Waals surface area contributed by atoms with E-state index in [-0.39, 0.29) is 17.6 Å². The molecule has 0 bridgehead atoms. The summed E-state index contributed by atoms with van der Waals surface area (Å²) in [7, 11) is 1.91. The number of fused-ring (bicyclic) bond motifs is 1. The van der Waals surface area contributed by atoms with Gasteiger partial charge in [0.25, 0.3) is 11.8 Å². The lowest BCUT2D eigenvalue weighted by Crippen LogP contribution is -2.62. The standard InChI is InChI=1S/C26H27FN6O2/c1-17-20-10-5-6-11-21(20)30(4)22(17)24(34)31-12-13-32(26(2,3)15-31)25(35)23-28-16-33(29-23)19-9-7-8-18(27)14-19/h5-11,14,16H,12-13,15H2,1-4H3. The summed E-state index contributed by atoms with van der Waals surface area (Å²) in [5, 5.41) is 5.34. The summed E-state index contributed by atoms with van der Waals surface area (Å²) in [4.78, 5) is 34.6. The number of carbonyl (C=O) groups excluding carboxylic acids is 2. The molecular formula is C26H27FN6O2. The third-order valence-corrected chi connectivity index (χ3v) is 6.75. The van der Waals surface area contributed by atoms with Gasteiger partial charge >= 0.3 is 0 Å². The number of nitrogens with zero attached hydrogens (tertiary/aromatic N) is 6. The lowest BCUT2D eigenvalue weighted by atomic mass is 9.98. The Labute approximate surface area is 202 Å². The number of rotatable bonds is 3. The SMILES string of the molecule is Cc1c(C(=O)N2CCN(C(=O)c3ncn(-c4cccc(F)c4)n3)C(C)(C)C2)n(C)c2ccccc12. The summed E-state index contributed by atoms with van der Waals surface area (Å²) in [6.07, 6.45) is 1.40. The van der Waals surface area contributed by atoms with Crippen molar-refractivity contribution in [1.29, 1.82) is 0 Å². The lowest BCUT2D eigenvalue weighted by molar-refractivity contribution is 0.0157. The second-order valence-electron chi connectivity index (χ2n) is 9.54. The second-order valence-corrected chi connectivity index (χ2v) is 9.54. The predicted octanol–water partition coefficient (Wildman–Crippen LogP) is 3.58. The van der Waals surface area contributed by atoms with Crippen LogP contribution in [0.5, 0.6) is 0 Å². The number of hydrogen-bond donors (Lipinski definition) is 0. The Hall–Kier alpha value is -4.01. The Morgan fingerprint density at radius 3 is 2.51 bits per heavy atom. The van der Waals surface area contributed by atoms with E-state index in [4.69, 9.17) is 0 Å². The number of aromatic nitrogens is 4. The van der Waals surface area contributed by atoms with Crippen LogP contribution in [-0.2, 0) is 7.05 Å². The summed E-state index contributed by atoms with van der Waals surface area (Å²) >= 11 is 0. The summed E-state index contributed by atoms with van der Waals surface area (Å²) in [6, 6.07) is 13.9. The molecule has 0 unspecified atom stereocenters. The van der Waals surface area contributed by atoms with E-state index in [2.05, 4.69) is 10.1 Å². The number of amides is 2. The van der Waals surface area contributed by atoms with E-state index >= 15 is 0 Å². The molecule has 1 saturated heterocycles. The van der Waals surface area contributed by atoms with Gasteiger partial charge < -0.3 is 14.4 Å². The zero-order chi connectivity index (χ0) is 24.9. The van der Waals surface area contributed by atoms with Crippen LogP contribution in [0.15, 0.2) is 54.9 Å². The van der Waals surface area contributed by atoms with Crippen molar-refractivity contribution in [1.82, 2.24) is 29.1 Å². The van der Waals surface area contributed by atoms with Gasteiger partial charge in [-0.15, -0.1) is 5.10 Å². The molecule has 1 aliphatic heterocycles. The van der Waals surface area contributed by atoms with Gasteiger partial charge in [0, 0.05) is 37.6 Å². The molecule has 1 fully saturated rings. The summed E-state index contributed by atoms with van der Waals surface area (Å²) in [5.41, 5.74) is 2.49. The van der Waals surface area contributed by atoms with Gasteiger partial charge in [-0.3, -0.25) is 9.59 Å². The molecule has 9 heteroatoms. The maximum Gasteiger partial charge on any atom is 0.294 e. The van der Waals surface area contributed by atoms with Crippen LogP contribution in [0.2, 0.25) is 0 Å². The fourth-order valence-electron chi connectivity index (χ4n) is 4.97. The van der Waals surface area contributed by atoms with Gasteiger partial charge in [0.15, 0.2) is 0 Å². The highest BCUT2D eigenvalue weighted by Crippen LogP contribution is 2.28. The van der Waals surface area contributed by atoms with Crippen LogP contribution in [0.25, 0.3) is 16.6 Å². The third kappa shape index (κ3) is 3.86. The molecule has 0 atom stereocenters. The van der Waals surface area contributed by atoms with Crippen LogP contribution in [0.3, 0.4) is 0 Å². The average molecular weight is 475 g/mol. The third-order valence-electron chi connectivity index (χ3n) is 6.75. The average Bonchev–Trinajstić information content (AvgIpc) is 3.42. The minimum Gasteiger partial charge on any atom is -0.339 e. The second kappa shape index (κ2) is 8.33.